The van der Waals surface area contributed by atoms with Gasteiger partial charge in [-0.25, -0.2) is 4.39 Å². The largest absolute Gasteiger partial charge is 0.396 e. The molecule has 2 rings (SSSR count). The molecule has 3 N–H and O–H groups in total. The average molecular weight is 245 g/mol. The first-order chi connectivity index (χ1) is 8.61. The lowest BCUT2D eigenvalue weighted by Crippen LogP contribution is -2.14. The van der Waals surface area contributed by atoms with Crippen LogP contribution in [-0.4, -0.2) is 10.9 Å². The third kappa shape index (κ3) is 2.24. The third-order valence-corrected chi connectivity index (χ3v) is 2.68. The number of hydrogen-bond acceptors (Lipinski definition) is 3. The highest BCUT2D eigenvalue weighted by Crippen LogP contribution is 2.23. The normalized spacial score (nSPS) is 12.1. The molecular formula is C14H12FNO2. The Morgan fingerprint density at radius 1 is 1.11 bits per heavy atom. The Kier molecular flexibility index (Phi) is 3.39. The maximum Gasteiger partial charge on any atom is 0.197 e. The highest BCUT2D eigenvalue weighted by Gasteiger charge is 2.21. The van der Waals surface area contributed by atoms with Crippen molar-refractivity contribution in [2.24, 2.45) is 0 Å². The minimum absolute atomic E-state index is 0.00801. The summed E-state index contributed by atoms with van der Waals surface area (Å²) in [6.07, 6.45) is -1.34. The molecule has 0 fully saturated rings. The van der Waals surface area contributed by atoms with E-state index in [0.29, 0.717) is 5.56 Å². The first kappa shape index (κ1) is 12.3. The van der Waals surface area contributed by atoms with Crippen LogP contribution < -0.4 is 5.73 Å². The topological polar surface area (TPSA) is 63.3 Å². The molecule has 0 aliphatic carbocycles. The summed E-state index contributed by atoms with van der Waals surface area (Å²) in [6, 6.07) is 12.4. The van der Waals surface area contributed by atoms with Gasteiger partial charge in [0.05, 0.1) is 5.69 Å². The maximum absolute atomic E-state index is 13.2. The number of carbonyl (C=O) groups excluding carboxylic acids is 1. The molecular weight excluding hydrogens is 233 g/mol. The van der Waals surface area contributed by atoms with Crippen molar-refractivity contribution in [3.63, 3.8) is 0 Å². The smallest absolute Gasteiger partial charge is 0.197 e. The Balaban J connectivity index is 2.35. The number of halogens is 1. The first-order valence-electron chi connectivity index (χ1n) is 5.42. The van der Waals surface area contributed by atoms with Gasteiger partial charge < -0.3 is 10.8 Å². The average Bonchev–Trinajstić information content (AvgIpc) is 2.41. The minimum atomic E-state index is -1.34. The summed E-state index contributed by atoms with van der Waals surface area (Å²) in [6.45, 7) is 0. The Labute approximate surface area is 104 Å². The zero-order valence-corrected chi connectivity index (χ0v) is 9.51. The van der Waals surface area contributed by atoms with Crippen molar-refractivity contribution >= 4 is 11.5 Å². The molecule has 0 aromatic heterocycles. The van der Waals surface area contributed by atoms with E-state index in [1.54, 1.807) is 30.3 Å². The summed E-state index contributed by atoms with van der Waals surface area (Å²) >= 11 is 0. The van der Waals surface area contributed by atoms with Gasteiger partial charge in [-0.1, -0.05) is 36.4 Å². The van der Waals surface area contributed by atoms with Gasteiger partial charge in [0.1, 0.15) is 11.9 Å². The number of hydrogen-bond donors (Lipinski definition) is 2. The number of nitrogen functional groups attached to an aromatic ring is 1. The van der Waals surface area contributed by atoms with Crippen molar-refractivity contribution in [3.8, 4) is 0 Å². The van der Waals surface area contributed by atoms with E-state index in [-0.39, 0.29) is 11.3 Å². The van der Waals surface area contributed by atoms with Crippen LogP contribution in [0.1, 0.15) is 22.0 Å². The number of aliphatic hydroxyl groups is 1. The molecule has 18 heavy (non-hydrogen) atoms. The van der Waals surface area contributed by atoms with Crippen LogP contribution in [0, 0.1) is 5.82 Å². The van der Waals surface area contributed by atoms with Crippen LogP contribution in [0.15, 0.2) is 48.5 Å². The number of benzene rings is 2. The van der Waals surface area contributed by atoms with E-state index in [1.807, 2.05) is 0 Å². The lowest BCUT2D eigenvalue weighted by Gasteiger charge is -2.11. The van der Waals surface area contributed by atoms with Gasteiger partial charge >= 0.3 is 0 Å². The second kappa shape index (κ2) is 4.98. The molecule has 0 amide bonds. The molecule has 0 aliphatic rings. The second-order valence-corrected chi connectivity index (χ2v) is 3.88. The molecule has 0 aliphatic heterocycles. The van der Waals surface area contributed by atoms with Crippen molar-refractivity contribution < 1.29 is 14.3 Å². The zero-order chi connectivity index (χ0) is 13.1. The summed E-state index contributed by atoms with van der Waals surface area (Å²) < 4.78 is 13.2. The van der Waals surface area contributed by atoms with E-state index in [9.17, 15) is 14.3 Å². The van der Waals surface area contributed by atoms with E-state index < -0.39 is 17.7 Å². The van der Waals surface area contributed by atoms with Gasteiger partial charge in [0.2, 0.25) is 0 Å². The van der Waals surface area contributed by atoms with E-state index in [2.05, 4.69) is 0 Å². The first-order valence-corrected chi connectivity index (χ1v) is 5.42. The zero-order valence-electron chi connectivity index (χ0n) is 9.51. The number of para-hydroxylation sites is 1. The van der Waals surface area contributed by atoms with Crippen LogP contribution >= 0.6 is 0 Å². The Hall–Kier alpha value is -2.20. The van der Waals surface area contributed by atoms with Gasteiger partial charge in [0.25, 0.3) is 0 Å². The monoisotopic (exact) mass is 245 g/mol. The molecule has 1 unspecified atom stereocenters. The molecule has 3 nitrogen and oxygen atoms in total. The number of aliphatic hydroxyl groups excluding tert-OH is 1. The second-order valence-electron chi connectivity index (χ2n) is 3.88. The van der Waals surface area contributed by atoms with Gasteiger partial charge in [-0.3, -0.25) is 4.79 Å². The van der Waals surface area contributed by atoms with E-state index in [1.165, 1.54) is 18.2 Å². The molecule has 0 saturated carbocycles. The van der Waals surface area contributed by atoms with Crippen molar-refractivity contribution in [2.45, 2.75) is 6.10 Å². The number of anilines is 1. The summed E-state index contributed by atoms with van der Waals surface area (Å²) in [5.41, 5.74) is 5.70. The fourth-order valence-electron chi connectivity index (χ4n) is 1.69. The highest BCUT2D eigenvalue weighted by molar-refractivity contribution is 6.04. The predicted octanol–water partition coefficient (Wildman–Crippen LogP) is 2.32. The molecule has 4 heteroatoms. The van der Waals surface area contributed by atoms with Crippen LogP contribution in [0.25, 0.3) is 0 Å². The highest BCUT2D eigenvalue weighted by atomic mass is 19.1. The van der Waals surface area contributed by atoms with Crippen LogP contribution in [0.3, 0.4) is 0 Å². The van der Waals surface area contributed by atoms with Crippen LogP contribution in [0.2, 0.25) is 0 Å². The van der Waals surface area contributed by atoms with Crippen molar-refractivity contribution in [3.05, 3.63) is 65.5 Å². The van der Waals surface area contributed by atoms with Crippen LogP contribution in [-0.2, 0) is 0 Å². The van der Waals surface area contributed by atoms with Crippen molar-refractivity contribution in [1.82, 2.24) is 0 Å². The molecule has 92 valence electrons. The molecule has 0 spiro atoms. The van der Waals surface area contributed by atoms with E-state index in [0.717, 1.165) is 0 Å². The minimum Gasteiger partial charge on any atom is -0.396 e. The summed E-state index contributed by atoms with van der Waals surface area (Å²) in [4.78, 5) is 12.0. The lowest BCUT2D eigenvalue weighted by atomic mass is 9.99. The van der Waals surface area contributed by atoms with Gasteiger partial charge in [-0.15, -0.1) is 0 Å². The number of carbonyl (C=O) groups is 1. The Morgan fingerprint density at radius 2 is 1.78 bits per heavy atom. The van der Waals surface area contributed by atoms with Crippen LogP contribution in [0.5, 0.6) is 0 Å². The number of rotatable bonds is 3. The van der Waals surface area contributed by atoms with E-state index in [4.69, 9.17) is 5.73 Å². The summed E-state index contributed by atoms with van der Waals surface area (Å²) in [5, 5.41) is 9.93. The lowest BCUT2D eigenvalue weighted by molar-refractivity contribution is 0.0748. The van der Waals surface area contributed by atoms with Crippen molar-refractivity contribution in [1.29, 1.82) is 0 Å². The fourth-order valence-corrected chi connectivity index (χ4v) is 1.69. The molecule has 0 heterocycles. The molecule has 0 saturated heterocycles. The Morgan fingerprint density at radius 3 is 2.44 bits per heavy atom. The molecule has 0 radical (unpaired) electrons. The molecule has 2 aromatic carbocycles. The van der Waals surface area contributed by atoms with Crippen LogP contribution in [0.4, 0.5) is 10.1 Å². The van der Waals surface area contributed by atoms with E-state index >= 15 is 0 Å². The van der Waals surface area contributed by atoms with Gasteiger partial charge in [-0.2, -0.15) is 0 Å². The standard InChI is InChI=1S/C14H12FNO2/c15-11-8-4-7-10(12(11)16)14(18)13(17)9-5-2-1-3-6-9/h1-8,13,17H,16H2. The quantitative estimate of drug-likeness (QED) is 0.644. The number of nitrogens with two attached hydrogens (primary N) is 1. The number of ketones is 1. The maximum atomic E-state index is 13.2. The third-order valence-electron chi connectivity index (χ3n) is 2.68. The van der Waals surface area contributed by atoms with Gasteiger partial charge in [0.15, 0.2) is 5.78 Å². The number of Topliss-reactive ketones (excluding diaryl/α,β-unsaturated/α-hetero) is 1. The van der Waals surface area contributed by atoms with Crippen molar-refractivity contribution in [2.75, 3.05) is 5.73 Å². The molecule has 2 aromatic rings. The summed E-state index contributed by atoms with van der Waals surface area (Å²) in [7, 11) is 0. The molecule has 0 bridgehead atoms. The summed E-state index contributed by atoms with van der Waals surface area (Å²) in [5.74, 6) is -1.28. The Bertz CT molecular complexity index is 569. The predicted molar refractivity (Wildman–Crippen MR) is 66.5 cm³/mol. The fraction of sp³-hybridized carbons (Fsp3) is 0.0714. The van der Waals surface area contributed by atoms with Gasteiger partial charge in [-0.05, 0) is 17.7 Å². The molecule has 1 atom stereocenters. The SMILES string of the molecule is Nc1c(F)cccc1C(=O)C(O)c1ccccc1. The van der Waals surface area contributed by atoms with Gasteiger partial charge in [0, 0.05) is 5.56 Å².